The summed E-state index contributed by atoms with van der Waals surface area (Å²) in [5.41, 5.74) is 0.886. The van der Waals surface area contributed by atoms with Crippen LogP contribution < -0.4 is 5.32 Å². The lowest BCUT2D eigenvalue weighted by Crippen LogP contribution is -2.24. The van der Waals surface area contributed by atoms with Gasteiger partial charge in [0.15, 0.2) is 0 Å². The maximum absolute atomic E-state index is 10.7. The molecular formula is C14H19ClN2O2. The zero-order valence-electron chi connectivity index (χ0n) is 11.1. The molecule has 1 aromatic rings. The van der Waals surface area contributed by atoms with Gasteiger partial charge in [-0.1, -0.05) is 31.4 Å². The molecule has 0 amide bonds. The van der Waals surface area contributed by atoms with Crippen LogP contribution in [0.3, 0.4) is 0 Å². The predicted molar refractivity (Wildman–Crippen MR) is 76.3 cm³/mol. The van der Waals surface area contributed by atoms with Gasteiger partial charge in [-0.2, -0.15) is 0 Å². The van der Waals surface area contributed by atoms with Crippen molar-refractivity contribution >= 4 is 17.3 Å². The van der Waals surface area contributed by atoms with E-state index in [2.05, 4.69) is 12.2 Å². The molecule has 5 heteroatoms. The molecule has 0 radical (unpaired) electrons. The van der Waals surface area contributed by atoms with E-state index in [1.54, 1.807) is 12.1 Å². The van der Waals surface area contributed by atoms with Crippen molar-refractivity contribution in [2.24, 2.45) is 11.8 Å². The fourth-order valence-corrected chi connectivity index (χ4v) is 2.91. The highest BCUT2D eigenvalue weighted by Crippen LogP contribution is 2.30. The molecule has 1 aromatic carbocycles. The van der Waals surface area contributed by atoms with Crippen LogP contribution in [0.1, 0.15) is 31.7 Å². The Morgan fingerprint density at radius 3 is 2.89 bits per heavy atom. The Morgan fingerprint density at radius 2 is 2.26 bits per heavy atom. The van der Waals surface area contributed by atoms with Gasteiger partial charge in [-0.25, -0.2) is 0 Å². The largest absolute Gasteiger partial charge is 0.312 e. The lowest BCUT2D eigenvalue weighted by Gasteiger charge is -2.16. The minimum absolute atomic E-state index is 0.0930. The number of nitrogens with zero attached hydrogens (tertiary/aromatic N) is 1. The van der Waals surface area contributed by atoms with Crippen molar-refractivity contribution in [3.05, 3.63) is 38.9 Å². The van der Waals surface area contributed by atoms with Gasteiger partial charge in [0.1, 0.15) is 0 Å². The fraction of sp³-hybridized carbons (Fsp3) is 0.571. The van der Waals surface area contributed by atoms with Crippen LogP contribution in [0.2, 0.25) is 5.02 Å². The van der Waals surface area contributed by atoms with Crippen LogP contribution in [0.15, 0.2) is 18.2 Å². The van der Waals surface area contributed by atoms with Gasteiger partial charge in [0.25, 0.3) is 5.69 Å². The third-order valence-electron chi connectivity index (χ3n) is 4.00. The monoisotopic (exact) mass is 282 g/mol. The highest BCUT2D eigenvalue weighted by atomic mass is 35.5. The summed E-state index contributed by atoms with van der Waals surface area (Å²) in [5.74, 6) is 1.49. The first kappa shape index (κ1) is 14.3. The molecule has 1 saturated carbocycles. The lowest BCUT2D eigenvalue weighted by molar-refractivity contribution is -0.384. The number of nitrogens with one attached hydrogen (secondary N) is 1. The summed E-state index contributed by atoms with van der Waals surface area (Å²) < 4.78 is 0. The minimum Gasteiger partial charge on any atom is -0.312 e. The number of benzene rings is 1. The Morgan fingerprint density at radius 1 is 1.47 bits per heavy atom. The van der Waals surface area contributed by atoms with Gasteiger partial charge in [-0.05, 0) is 36.4 Å². The molecule has 2 unspecified atom stereocenters. The maximum atomic E-state index is 10.7. The van der Waals surface area contributed by atoms with Gasteiger partial charge in [0, 0.05) is 23.7 Å². The molecule has 0 aromatic heterocycles. The normalized spacial score (nSPS) is 22.6. The molecule has 0 heterocycles. The Labute approximate surface area is 118 Å². The van der Waals surface area contributed by atoms with Gasteiger partial charge in [-0.15, -0.1) is 0 Å². The number of non-ortho nitro benzene ring substituents is 1. The second kappa shape index (κ2) is 6.35. The van der Waals surface area contributed by atoms with Crippen molar-refractivity contribution in [3.63, 3.8) is 0 Å². The average molecular weight is 283 g/mol. The molecule has 0 saturated heterocycles. The van der Waals surface area contributed by atoms with Crippen LogP contribution in [-0.4, -0.2) is 11.5 Å². The van der Waals surface area contributed by atoms with E-state index in [-0.39, 0.29) is 5.69 Å². The zero-order valence-corrected chi connectivity index (χ0v) is 11.8. The van der Waals surface area contributed by atoms with Crippen molar-refractivity contribution < 1.29 is 4.92 Å². The Kier molecular flexibility index (Phi) is 4.77. The number of rotatable bonds is 5. The minimum atomic E-state index is -0.390. The van der Waals surface area contributed by atoms with E-state index >= 15 is 0 Å². The summed E-state index contributed by atoms with van der Waals surface area (Å²) in [4.78, 5) is 10.3. The first-order chi connectivity index (χ1) is 9.08. The molecule has 1 aliphatic carbocycles. The smallest absolute Gasteiger partial charge is 0.269 e. The van der Waals surface area contributed by atoms with Crippen LogP contribution in [0.4, 0.5) is 5.69 Å². The van der Waals surface area contributed by atoms with Crippen LogP contribution in [-0.2, 0) is 6.54 Å². The lowest BCUT2D eigenvalue weighted by atomic mass is 9.98. The van der Waals surface area contributed by atoms with E-state index in [4.69, 9.17) is 11.6 Å². The molecule has 19 heavy (non-hydrogen) atoms. The topological polar surface area (TPSA) is 55.2 Å². The van der Waals surface area contributed by atoms with Gasteiger partial charge < -0.3 is 5.32 Å². The van der Waals surface area contributed by atoms with Crippen molar-refractivity contribution in [2.75, 3.05) is 6.54 Å². The first-order valence-corrected chi connectivity index (χ1v) is 7.09. The van der Waals surface area contributed by atoms with Crippen LogP contribution in [0, 0.1) is 22.0 Å². The number of hydrogen-bond acceptors (Lipinski definition) is 3. The van der Waals surface area contributed by atoms with Crippen molar-refractivity contribution in [1.29, 1.82) is 0 Å². The van der Waals surface area contributed by atoms with E-state index in [0.29, 0.717) is 11.6 Å². The molecule has 1 aliphatic rings. The van der Waals surface area contributed by atoms with E-state index in [0.717, 1.165) is 23.9 Å². The average Bonchev–Trinajstić information content (AvgIpc) is 2.77. The van der Waals surface area contributed by atoms with E-state index in [9.17, 15) is 10.1 Å². The van der Waals surface area contributed by atoms with E-state index in [1.165, 1.54) is 25.3 Å². The summed E-state index contributed by atoms with van der Waals surface area (Å²) in [7, 11) is 0. The molecule has 1 N–H and O–H groups in total. The summed E-state index contributed by atoms with van der Waals surface area (Å²) >= 11 is 6.06. The molecule has 2 atom stereocenters. The highest BCUT2D eigenvalue weighted by Gasteiger charge is 2.22. The van der Waals surface area contributed by atoms with Crippen LogP contribution in [0.25, 0.3) is 0 Å². The second-order valence-corrected chi connectivity index (χ2v) is 5.74. The Bertz CT molecular complexity index is 465. The molecule has 0 bridgehead atoms. The highest BCUT2D eigenvalue weighted by molar-refractivity contribution is 6.31. The summed E-state index contributed by atoms with van der Waals surface area (Å²) in [5, 5.41) is 14.7. The molecule has 0 aliphatic heterocycles. The SMILES string of the molecule is CC1CCCC1CNCc1cc([N+](=O)[O-])ccc1Cl. The summed E-state index contributed by atoms with van der Waals surface area (Å²) in [6.45, 7) is 3.84. The van der Waals surface area contributed by atoms with E-state index in [1.807, 2.05) is 0 Å². The van der Waals surface area contributed by atoms with Gasteiger partial charge >= 0.3 is 0 Å². The fourth-order valence-electron chi connectivity index (χ4n) is 2.73. The molecule has 0 spiro atoms. The molecule has 2 rings (SSSR count). The number of nitro benzene ring substituents is 1. The standard InChI is InChI=1S/C14H19ClN2O2/c1-10-3-2-4-11(10)8-16-9-12-7-13(17(18)19)5-6-14(12)15/h5-7,10-11,16H,2-4,8-9H2,1H3. The number of halogens is 1. The molecule has 104 valence electrons. The molecular weight excluding hydrogens is 264 g/mol. The number of hydrogen-bond donors (Lipinski definition) is 1. The molecule has 4 nitrogen and oxygen atoms in total. The van der Waals surface area contributed by atoms with Crippen LogP contribution >= 0.6 is 11.6 Å². The quantitative estimate of drug-likeness (QED) is 0.660. The van der Waals surface area contributed by atoms with Crippen molar-refractivity contribution in [2.45, 2.75) is 32.7 Å². The summed E-state index contributed by atoms with van der Waals surface area (Å²) in [6, 6.07) is 4.58. The third-order valence-corrected chi connectivity index (χ3v) is 4.37. The van der Waals surface area contributed by atoms with Crippen LogP contribution in [0.5, 0.6) is 0 Å². The Balaban J connectivity index is 1.91. The van der Waals surface area contributed by atoms with Gasteiger partial charge in [-0.3, -0.25) is 10.1 Å². The van der Waals surface area contributed by atoms with Crippen molar-refractivity contribution in [3.8, 4) is 0 Å². The second-order valence-electron chi connectivity index (χ2n) is 5.33. The zero-order chi connectivity index (χ0) is 13.8. The number of nitro groups is 1. The summed E-state index contributed by atoms with van der Waals surface area (Å²) in [6.07, 6.45) is 3.89. The predicted octanol–water partition coefficient (Wildman–Crippen LogP) is 3.77. The molecule has 1 fully saturated rings. The first-order valence-electron chi connectivity index (χ1n) is 6.71. The van der Waals surface area contributed by atoms with E-state index < -0.39 is 4.92 Å². The van der Waals surface area contributed by atoms with Crippen molar-refractivity contribution in [1.82, 2.24) is 5.32 Å². The van der Waals surface area contributed by atoms with Gasteiger partial charge in [0.2, 0.25) is 0 Å². The van der Waals surface area contributed by atoms with Gasteiger partial charge in [0.05, 0.1) is 4.92 Å². The maximum Gasteiger partial charge on any atom is 0.269 e. The Hall–Kier alpha value is -1.13. The third kappa shape index (κ3) is 3.67.